The molecule has 2 unspecified atom stereocenters. The van der Waals surface area contributed by atoms with E-state index in [-0.39, 0.29) is 35.5 Å². The number of benzene rings is 2. The fourth-order valence-corrected chi connectivity index (χ4v) is 6.11. The van der Waals surface area contributed by atoms with Gasteiger partial charge in [-0.1, -0.05) is 32.4 Å². The number of aliphatic carboxylic acids is 2. The smallest absolute Gasteiger partial charge is 0.304 e. The van der Waals surface area contributed by atoms with Crippen LogP contribution in [0.4, 0.5) is 0 Å². The Bertz CT molecular complexity index is 1050. The Balaban J connectivity index is 1.92. The average molecular weight is 549 g/mol. The summed E-state index contributed by atoms with van der Waals surface area (Å²) in [4.78, 5) is 34.9. The number of aromatic hydroxyl groups is 1. The molecule has 37 heavy (non-hydrogen) atoms. The summed E-state index contributed by atoms with van der Waals surface area (Å²) in [6.07, 6.45) is 2.31. The number of carboxylic acid groups (broad SMARTS) is 2. The molecule has 202 valence electrons. The van der Waals surface area contributed by atoms with Crippen molar-refractivity contribution < 1.29 is 34.4 Å². The second-order valence-corrected chi connectivity index (χ2v) is 11.3. The number of phenols is 1. The number of carboxylic acids is 2. The Morgan fingerprint density at radius 2 is 1.70 bits per heavy atom. The molecular formula is C28H36O7S2. The first-order valence-corrected chi connectivity index (χ1v) is 14.4. The lowest BCUT2D eigenvalue weighted by molar-refractivity contribution is -0.138. The number of carbonyl (C=O) groups excluding carboxylic acids is 1. The predicted molar refractivity (Wildman–Crippen MR) is 148 cm³/mol. The van der Waals surface area contributed by atoms with Crippen molar-refractivity contribution in [2.75, 3.05) is 18.1 Å². The standard InChI is InChI=1S/C28H36O7S2/c1-4-6-23-24(12-11-22(19(3)29)27(23)34)35-14-5-15-36-21-9-7-20(8-10-21)28(18(2)17-26(32)33)37-16-13-25(30)31/h7-12,18,28,34H,4-6,13-17H2,1-3H3,(H,30,31)(H,32,33). The van der Waals surface area contributed by atoms with Crippen molar-refractivity contribution in [3.05, 3.63) is 53.1 Å². The molecular weight excluding hydrogens is 512 g/mol. The van der Waals surface area contributed by atoms with E-state index in [1.807, 2.05) is 38.1 Å². The van der Waals surface area contributed by atoms with Crippen molar-refractivity contribution in [3.8, 4) is 11.5 Å². The van der Waals surface area contributed by atoms with Gasteiger partial charge in [0, 0.05) is 33.6 Å². The highest BCUT2D eigenvalue weighted by atomic mass is 32.2. The third-order valence-electron chi connectivity index (χ3n) is 5.77. The van der Waals surface area contributed by atoms with Gasteiger partial charge in [-0.2, -0.15) is 11.8 Å². The second kappa shape index (κ2) is 15.6. The van der Waals surface area contributed by atoms with Gasteiger partial charge in [0.2, 0.25) is 0 Å². The monoisotopic (exact) mass is 548 g/mol. The van der Waals surface area contributed by atoms with E-state index in [2.05, 4.69) is 0 Å². The van der Waals surface area contributed by atoms with Gasteiger partial charge in [0.15, 0.2) is 5.78 Å². The SMILES string of the molecule is CCCc1c(OCCCSc2ccc(C(SCCC(=O)O)C(C)CC(=O)O)cc2)ccc(C(C)=O)c1O. The predicted octanol–water partition coefficient (Wildman–Crippen LogP) is 6.47. The molecule has 2 aromatic carbocycles. The van der Waals surface area contributed by atoms with Crippen LogP contribution in [-0.2, 0) is 16.0 Å². The van der Waals surface area contributed by atoms with Gasteiger partial charge in [0.25, 0.3) is 0 Å². The molecule has 0 saturated heterocycles. The van der Waals surface area contributed by atoms with Crippen LogP contribution >= 0.6 is 23.5 Å². The van der Waals surface area contributed by atoms with Crippen LogP contribution in [0.1, 0.15) is 73.2 Å². The molecule has 0 saturated carbocycles. The molecule has 0 fully saturated rings. The molecule has 0 aliphatic carbocycles. The number of rotatable bonds is 17. The van der Waals surface area contributed by atoms with Crippen molar-refractivity contribution in [2.24, 2.45) is 5.92 Å². The Kier molecular flexibility index (Phi) is 12.9. The maximum Gasteiger partial charge on any atom is 0.304 e. The van der Waals surface area contributed by atoms with Crippen LogP contribution in [0.3, 0.4) is 0 Å². The largest absolute Gasteiger partial charge is 0.507 e. The Labute approximate surface area is 227 Å². The molecule has 0 radical (unpaired) electrons. The van der Waals surface area contributed by atoms with Crippen LogP contribution in [0, 0.1) is 5.92 Å². The van der Waals surface area contributed by atoms with Crippen LogP contribution in [0.5, 0.6) is 11.5 Å². The Morgan fingerprint density at radius 3 is 2.30 bits per heavy atom. The molecule has 2 aromatic rings. The third-order valence-corrected chi connectivity index (χ3v) is 8.40. The van der Waals surface area contributed by atoms with Gasteiger partial charge in [-0.05, 0) is 55.5 Å². The molecule has 3 N–H and O–H groups in total. The Hall–Kier alpha value is -2.65. The molecule has 0 spiro atoms. The number of carbonyl (C=O) groups is 3. The van der Waals surface area contributed by atoms with Gasteiger partial charge in [0.1, 0.15) is 11.5 Å². The molecule has 0 heterocycles. The van der Waals surface area contributed by atoms with Crippen molar-refractivity contribution in [3.63, 3.8) is 0 Å². The van der Waals surface area contributed by atoms with E-state index in [9.17, 15) is 24.6 Å². The van der Waals surface area contributed by atoms with Gasteiger partial charge in [-0.25, -0.2) is 0 Å². The number of thioether (sulfide) groups is 2. The molecule has 2 rings (SSSR count). The zero-order valence-electron chi connectivity index (χ0n) is 21.6. The van der Waals surface area contributed by atoms with Crippen LogP contribution < -0.4 is 4.74 Å². The first-order valence-electron chi connectivity index (χ1n) is 12.4. The van der Waals surface area contributed by atoms with Crippen LogP contribution in [0.15, 0.2) is 41.3 Å². The van der Waals surface area contributed by atoms with Gasteiger partial charge >= 0.3 is 11.9 Å². The minimum Gasteiger partial charge on any atom is -0.507 e. The minimum atomic E-state index is -0.863. The third kappa shape index (κ3) is 9.97. The van der Waals surface area contributed by atoms with E-state index in [0.717, 1.165) is 29.1 Å². The fourth-order valence-electron chi connectivity index (χ4n) is 3.96. The zero-order chi connectivity index (χ0) is 27.4. The second-order valence-electron chi connectivity index (χ2n) is 8.87. The molecule has 7 nitrogen and oxygen atoms in total. The summed E-state index contributed by atoms with van der Waals surface area (Å²) in [7, 11) is 0. The van der Waals surface area contributed by atoms with E-state index in [1.54, 1.807) is 23.9 Å². The van der Waals surface area contributed by atoms with Crippen molar-refractivity contribution in [1.29, 1.82) is 0 Å². The summed E-state index contributed by atoms with van der Waals surface area (Å²) in [5, 5.41) is 28.5. The first-order chi connectivity index (χ1) is 17.6. The summed E-state index contributed by atoms with van der Waals surface area (Å²) >= 11 is 3.17. The normalized spacial score (nSPS) is 12.6. The summed E-state index contributed by atoms with van der Waals surface area (Å²) in [6.45, 7) is 5.81. The molecule has 2 atom stereocenters. The topological polar surface area (TPSA) is 121 Å². The van der Waals surface area contributed by atoms with E-state index in [4.69, 9.17) is 9.84 Å². The first kappa shape index (κ1) is 30.6. The zero-order valence-corrected chi connectivity index (χ0v) is 23.2. The molecule has 0 aliphatic heterocycles. The van der Waals surface area contributed by atoms with E-state index >= 15 is 0 Å². The summed E-state index contributed by atoms with van der Waals surface area (Å²) in [6, 6.07) is 11.4. The van der Waals surface area contributed by atoms with Crippen molar-refractivity contribution in [2.45, 2.75) is 63.0 Å². The lowest BCUT2D eigenvalue weighted by Crippen LogP contribution is -2.13. The number of ketones is 1. The number of Topliss-reactive ketones (excluding diaryl/α,β-unsaturated/α-hetero) is 1. The van der Waals surface area contributed by atoms with E-state index < -0.39 is 11.9 Å². The summed E-state index contributed by atoms with van der Waals surface area (Å²) in [5.41, 5.74) is 1.98. The maximum atomic E-state index is 11.7. The average Bonchev–Trinajstić information content (AvgIpc) is 2.83. The summed E-state index contributed by atoms with van der Waals surface area (Å²) in [5.74, 6) is -0.156. The maximum absolute atomic E-state index is 11.7. The molecule has 0 bridgehead atoms. The van der Waals surface area contributed by atoms with Crippen LogP contribution in [0.2, 0.25) is 0 Å². The number of hydrogen-bond donors (Lipinski definition) is 3. The van der Waals surface area contributed by atoms with Gasteiger partial charge in [-0.3, -0.25) is 14.4 Å². The quantitative estimate of drug-likeness (QED) is 0.116. The highest BCUT2D eigenvalue weighted by molar-refractivity contribution is 7.99. The summed E-state index contributed by atoms with van der Waals surface area (Å²) < 4.78 is 5.93. The van der Waals surface area contributed by atoms with Gasteiger partial charge < -0.3 is 20.1 Å². The Morgan fingerprint density at radius 1 is 1.00 bits per heavy atom. The molecule has 9 heteroatoms. The highest BCUT2D eigenvalue weighted by Gasteiger charge is 2.22. The number of hydrogen-bond acceptors (Lipinski definition) is 7. The van der Waals surface area contributed by atoms with Crippen LogP contribution in [-0.4, -0.2) is 51.2 Å². The lowest BCUT2D eigenvalue weighted by Gasteiger charge is -2.23. The number of ether oxygens (including phenoxy) is 1. The van der Waals surface area contributed by atoms with Crippen LogP contribution in [0.25, 0.3) is 0 Å². The minimum absolute atomic E-state index is 0.0124. The van der Waals surface area contributed by atoms with E-state index in [1.165, 1.54) is 18.7 Å². The van der Waals surface area contributed by atoms with Gasteiger partial charge in [-0.15, -0.1) is 11.8 Å². The molecule has 0 amide bonds. The molecule has 0 aliphatic rings. The molecule has 0 aromatic heterocycles. The van der Waals surface area contributed by atoms with E-state index in [0.29, 0.717) is 35.7 Å². The number of phenolic OH excluding ortho intramolecular Hbond substituents is 1. The fraction of sp³-hybridized carbons (Fsp3) is 0.464. The van der Waals surface area contributed by atoms with Crippen molar-refractivity contribution >= 4 is 41.2 Å². The highest BCUT2D eigenvalue weighted by Crippen LogP contribution is 2.39. The van der Waals surface area contributed by atoms with Gasteiger partial charge in [0.05, 0.1) is 18.6 Å². The van der Waals surface area contributed by atoms with Crippen molar-refractivity contribution in [1.82, 2.24) is 0 Å². The lowest BCUT2D eigenvalue weighted by atomic mass is 9.97.